The second-order valence-electron chi connectivity index (χ2n) is 10.2. The Bertz CT molecular complexity index is 639. The Morgan fingerprint density at radius 3 is 1.62 bits per heavy atom. The summed E-state index contributed by atoms with van der Waals surface area (Å²) in [5.74, 6) is 2.04. The van der Waals surface area contributed by atoms with Crippen molar-refractivity contribution in [2.24, 2.45) is 40.4 Å². The molecule has 0 aliphatic heterocycles. The third-order valence-electron chi connectivity index (χ3n) is 6.27. The van der Waals surface area contributed by atoms with Crippen molar-refractivity contribution in [2.45, 2.75) is 48.5 Å². The van der Waals surface area contributed by atoms with Crippen LogP contribution in [-0.2, 0) is 9.53 Å². The number of carbonyl (C=O) groups excluding carboxylic acids is 1. The van der Waals surface area contributed by atoms with Crippen molar-refractivity contribution >= 4 is 5.97 Å². The van der Waals surface area contributed by atoms with Crippen LogP contribution < -0.4 is 0 Å². The van der Waals surface area contributed by atoms with E-state index < -0.39 is 0 Å². The van der Waals surface area contributed by atoms with Crippen LogP contribution in [0.2, 0.25) is 0 Å². The smallest absolute Gasteiger partial charge is 0.302 e. The van der Waals surface area contributed by atoms with Gasteiger partial charge in [0.1, 0.15) is 0 Å². The van der Waals surface area contributed by atoms with Crippen molar-refractivity contribution in [2.75, 3.05) is 6.61 Å². The molecule has 26 heavy (non-hydrogen) atoms. The molecule has 0 heterocycles. The highest BCUT2D eigenvalue weighted by Gasteiger charge is 2.49. The third-order valence-corrected chi connectivity index (χ3v) is 6.27. The minimum Gasteiger partial charge on any atom is -0.466 e. The van der Waals surface area contributed by atoms with E-state index in [1.807, 2.05) is 0 Å². The van der Waals surface area contributed by atoms with E-state index in [4.69, 9.17) is 4.74 Å². The van der Waals surface area contributed by atoms with Gasteiger partial charge in [0.15, 0.2) is 0 Å². The molecule has 3 aliphatic rings. The predicted octanol–water partition coefficient (Wildman–Crippen LogP) is 5.73. The first kappa shape index (κ1) is 19.2. The number of carbonyl (C=O) groups is 1. The Balaban J connectivity index is 1.97. The van der Waals surface area contributed by atoms with Crippen molar-refractivity contribution in [1.29, 1.82) is 0 Å². The van der Waals surface area contributed by atoms with Gasteiger partial charge in [-0.15, -0.1) is 0 Å². The number of ether oxygens (including phenoxy) is 1. The van der Waals surface area contributed by atoms with E-state index in [0.29, 0.717) is 36.2 Å². The molecular formula is C24H34O2. The van der Waals surface area contributed by atoms with Crippen LogP contribution in [0.1, 0.15) is 48.5 Å². The summed E-state index contributed by atoms with van der Waals surface area (Å²) in [4.78, 5) is 11.5. The highest BCUT2D eigenvalue weighted by atomic mass is 16.5. The highest BCUT2D eigenvalue weighted by molar-refractivity contribution is 5.65. The lowest BCUT2D eigenvalue weighted by Crippen LogP contribution is -2.25. The quantitative estimate of drug-likeness (QED) is 0.592. The summed E-state index contributed by atoms with van der Waals surface area (Å²) >= 11 is 0. The summed E-state index contributed by atoms with van der Waals surface area (Å²) in [7, 11) is 0. The van der Waals surface area contributed by atoms with Crippen LogP contribution >= 0.6 is 0 Å². The van der Waals surface area contributed by atoms with E-state index in [9.17, 15) is 4.79 Å². The summed E-state index contributed by atoms with van der Waals surface area (Å²) in [5, 5.41) is 0. The van der Waals surface area contributed by atoms with E-state index in [-0.39, 0.29) is 16.8 Å². The number of fused-ring (bicyclic) bond motifs is 3. The van der Waals surface area contributed by atoms with Crippen molar-refractivity contribution in [3.63, 3.8) is 0 Å². The first-order valence-electron chi connectivity index (χ1n) is 9.93. The average molecular weight is 355 g/mol. The first-order valence-corrected chi connectivity index (χ1v) is 9.93. The van der Waals surface area contributed by atoms with Gasteiger partial charge in [-0.05, 0) is 45.6 Å². The monoisotopic (exact) mass is 354 g/mol. The lowest BCUT2D eigenvalue weighted by molar-refractivity contribution is -0.142. The lowest BCUT2D eigenvalue weighted by Gasteiger charge is -2.30. The molecule has 4 atom stereocenters. The Labute approximate surface area is 159 Å². The summed E-state index contributed by atoms with van der Waals surface area (Å²) in [6, 6.07) is 0. The normalized spacial score (nSPS) is 33.3. The van der Waals surface area contributed by atoms with Crippen LogP contribution in [0.25, 0.3) is 0 Å². The molecule has 1 saturated carbocycles. The molecule has 2 nitrogen and oxygen atoms in total. The molecule has 0 bridgehead atoms. The van der Waals surface area contributed by atoms with Crippen LogP contribution in [0.3, 0.4) is 0 Å². The van der Waals surface area contributed by atoms with Crippen molar-refractivity contribution < 1.29 is 9.53 Å². The van der Waals surface area contributed by atoms with Crippen molar-refractivity contribution in [1.82, 2.24) is 0 Å². The van der Waals surface area contributed by atoms with Crippen LogP contribution in [-0.4, -0.2) is 12.6 Å². The van der Waals surface area contributed by atoms with Crippen LogP contribution in [0.5, 0.6) is 0 Å². The number of esters is 1. The molecule has 3 aliphatic carbocycles. The Kier molecular flexibility index (Phi) is 4.83. The summed E-state index contributed by atoms with van der Waals surface area (Å²) in [6.45, 7) is 15.6. The van der Waals surface area contributed by atoms with E-state index >= 15 is 0 Å². The molecule has 142 valence electrons. The number of rotatable bonds is 2. The Hall–Kier alpha value is -1.57. The SMILES string of the molecule is CC(=O)OCC1C2C=C(C(C)(C)C)C=CC2C2C=CC(C(C)(C)C)=CC21. The van der Waals surface area contributed by atoms with E-state index in [1.165, 1.54) is 18.1 Å². The lowest BCUT2D eigenvalue weighted by atomic mass is 9.74. The second-order valence-corrected chi connectivity index (χ2v) is 10.2. The molecule has 4 unspecified atom stereocenters. The predicted molar refractivity (Wildman–Crippen MR) is 107 cm³/mol. The van der Waals surface area contributed by atoms with Gasteiger partial charge in [-0.1, -0.05) is 78.0 Å². The van der Waals surface area contributed by atoms with Gasteiger partial charge in [0, 0.05) is 12.8 Å². The van der Waals surface area contributed by atoms with Crippen molar-refractivity contribution in [3.8, 4) is 0 Å². The first-order chi connectivity index (χ1) is 12.0. The standard InChI is InChI=1S/C24H34O2/c1-15(25)26-14-22-20-12-16(23(2,3)4)8-10-18(20)19-11-9-17(13-21(19)22)24(5,6)7/h8-13,18-22H,14H2,1-7H3. The third kappa shape index (κ3) is 3.61. The fourth-order valence-corrected chi connectivity index (χ4v) is 4.71. The minimum absolute atomic E-state index is 0.142. The Morgan fingerprint density at radius 2 is 1.27 bits per heavy atom. The molecule has 0 amide bonds. The zero-order chi connectivity index (χ0) is 19.3. The van der Waals surface area contributed by atoms with Gasteiger partial charge in [-0.25, -0.2) is 0 Å². The minimum atomic E-state index is -0.178. The van der Waals surface area contributed by atoms with Gasteiger partial charge in [-0.3, -0.25) is 4.79 Å². The molecule has 0 radical (unpaired) electrons. The number of hydrogen-bond donors (Lipinski definition) is 0. The van der Waals surface area contributed by atoms with Crippen LogP contribution in [0, 0.1) is 40.4 Å². The topological polar surface area (TPSA) is 26.3 Å². The molecule has 0 spiro atoms. The number of allylic oxidation sites excluding steroid dienone is 8. The van der Waals surface area contributed by atoms with Crippen LogP contribution in [0.15, 0.2) is 47.6 Å². The maximum atomic E-state index is 11.5. The van der Waals surface area contributed by atoms with Gasteiger partial charge in [0.2, 0.25) is 0 Å². The molecule has 0 saturated heterocycles. The maximum Gasteiger partial charge on any atom is 0.302 e. The molecule has 2 heteroatoms. The summed E-state index contributed by atoms with van der Waals surface area (Å²) in [6.07, 6.45) is 14.4. The van der Waals surface area contributed by atoms with Gasteiger partial charge < -0.3 is 4.74 Å². The largest absolute Gasteiger partial charge is 0.466 e. The van der Waals surface area contributed by atoms with Crippen LogP contribution in [0.4, 0.5) is 0 Å². The fraction of sp³-hybridized carbons (Fsp3) is 0.625. The van der Waals surface area contributed by atoms with Gasteiger partial charge in [-0.2, -0.15) is 0 Å². The van der Waals surface area contributed by atoms with Gasteiger partial charge in [0.25, 0.3) is 0 Å². The van der Waals surface area contributed by atoms with Gasteiger partial charge in [0.05, 0.1) is 6.61 Å². The summed E-state index contributed by atoms with van der Waals surface area (Å²) < 4.78 is 5.52. The molecule has 0 N–H and O–H groups in total. The van der Waals surface area contributed by atoms with Gasteiger partial charge >= 0.3 is 5.97 Å². The van der Waals surface area contributed by atoms with E-state index in [0.717, 1.165) is 0 Å². The molecule has 0 aromatic carbocycles. The zero-order valence-corrected chi connectivity index (χ0v) is 17.4. The fourth-order valence-electron chi connectivity index (χ4n) is 4.71. The average Bonchev–Trinajstić information content (AvgIpc) is 2.83. The molecule has 3 rings (SSSR count). The Morgan fingerprint density at radius 1 is 0.846 bits per heavy atom. The second kappa shape index (κ2) is 6.55. The summed E-state index contributed by atoms with van der Waals surface area (Å²) in [5.41, 5.74) is 3.08. The van der Waals surface area contributed by atoms with Crippen molar-refractivity contribution in [3.05, 3.63) is 47.6 Å². The molecule has 1 fully saturated rings. The molecule has 0 aromatic rings. The highest BCUT2D eigenvalue weighted by Crippen LogP contribution is 2.54. The zero-order valence-electron chi connectivity index (χ0n) is 17.4. The number of hydrogen-bond acceptors (Lipinski definition) is 2. The molecular weight excluding hydrogens is 320 g/mol. The van der Waals surface area contributed by atoms with E-state index in [2.05, 4.69) is 78.0 Å². The maximum absolute atomic E-state index is 11.5. The van der Waals surface area contributed by atoms with E-state index in [1.54, 1.807) is 0 Å². The molecule has 0 aromatic heterocycles.